The van der Waals surface area contributed by atoms with E-state index in [1.807, 2.05) is 0 Å². The van der Waals surface area contributed by atoms with Crippen LogP contribution in [0, 0.1) is 5.92 Å². The van der Waals surface area contributed by atoms with E-state index in [1.54, 1.807) is 4.90 Å². The van der Waals surface area contributed by atoms with Gasteiger partial charge in [0.1, 0.15) is 6.04 Å². The number of carbonyl (C=O) groups is 2. The lowest BCUT2D eigenvalue weighted by atomic mass is 9.86. The topological polar surface area (TPSA) is 57.6 Å². The molecule has 1 unspecified atom stereocenters. The molecule has 1 saturated heterocycles. The highest BCUT2D eigenvalue weighted by Crippen LogP contribution is 2.28. The number of aliphatic carboxylic acids is 1. The summed E-state index contributed by atoms with van der Waals surface area (Å²) in [7, 11) is 0. The number of amides is 1. The molecule has 108 valence electrons. The summed E-state index contributed by atoms with van der Waals surface area (Å²) < 4.78 is 0. The molecule has 0 spiro atoms. The molecule has 19 heavy (non-hydrogen) atoms. The maximum absolute atomic E-state index is 12.1. The first-order valence-corrected chi connectivity index (χ1v) is 7.71. The van der Waals surface area contributed by atoms with Crippen molar-refractivity contribution in [2.45, 2.75) is 70.3 Å². The van der Waals surface area contributed by atoms with Crippen molar-refractivity contribution < 1.29 is 14.7 Å². The normalized spacial score (nSPS) is 24.6. The van der Waals surface area contributed by atoms with Gasteiger partial charge in [0.15, 0.2) is 0 Å². The Morgan fingerprint density at radius 2 is 1.79 bits per heavy atom. The number of hydrogen-bond donors (Lipinski definition) is 1. The van der Waals surface area contributed by atoms with Gasteiger partial charge in [-0.1, -0.05) is 32.1 Å². The fraction of sp³-hybridized carbons (Fsp3) is 0.867. The zero-order chi connectivity index (χ0) is 13.7. The number of rotatable bonds is 5. The molecule has 1 atom stereocenters. The number of hydrogen-bond acceptors (Lipinski definition) is 2. The SMILES string of the molecule is O=C(O)C1CCCN1C(=O)CCCC1CCCCC1. The van der Waals surface area contributed by atoms with E-state index in [4.69, 9.17) is 5.11 Å². The van der Waals surface area contributed by atoms with Gasteiger partial charge in [0, 0.05) is 13.0 Å². The molecule has 0 aromatic heterocycles. The minimum atomic E-state index is -0.849. The van der Waals surface area contributed by atoms with Gasteiger partial charge < -0.3 is 10.0 Å². The van der Waals surface area contributed by atoms with E-state index in [1.165, 1.54) is 32.1 Å². The summed E-state index contributed by atoms with van der Waals surface area (Å²) in [6, 6.07) is -0.567. The van der Waals surface area contributed by atoms with Crippen LogP contribution in [0.5, 0.6) is 0 Å². The molecule has 1 amide bonds. The second kappa shape index (κ2) is 6.92. The van der Waals surface area contributed by atoms with Crippen LogP contribution >= 0.6 is 0 Å². The lowest BCUT2D eigenvalue weighted by Gasteiger charge is -2.23. The van der Waals surface area contributed by atoms with Gasteiger partial charge in [-0.3, -0.25) is 4.79 Å². The van der Waals surface area contributed by atoms with Gasteiger partial charge >= 0.3 is 5.97 Å². The zero-order valence-corrected chi connectivity index (χ0v) is 11.6. The quantitative estimate of drug-likeness (QED) is 0.833. The number of nitrogens with zero attached hydrogens (tertiary/aromatic N) is 1. The molecule has 1 aliphatic carbocycles. The monoisotopic (exact) mass is 267 g/mol. The molecule has 2 aliphatic rings. The maximum Gasteiger partial charge on any atom is 0.326 e. The van der Waals surface area contributed by atoms with Crippen molar-refractivity contribution in [3.8, 4) is 0 Å². The molecule has 0 aromatic carbocycles. The molecular weight excluding hydrogens is 242 g/mol. The van der Waals surface area contributed by atoms with E-state index in [0.29, 0.717) is 19.4 Å². The predicted molar refractivity (Wildman–Crippen MR) is 72.8 cm³/mol. The van der Waals surface area contributed by atoms with Crippen molar-refractivity contribution in [3.05, 3.63) is 0 Å². The lowest BCUT2D eigenvalue weighted by molar-refractivity contribution is -0.148. The van der Waals surface area contributed by atoms with Gasteiger partial charge in [-0.05, 0) is 31.6 Å². The van der Waals surface area contributed by atoms with Crippen molar-refractivity contribution in [3.63, 3.8) is 0 Å². The highest BCUT2D eigenvalue weighted by molar-refractivity contribution is 5.84. The van der Waals surface area contributed by atoms with Crippen LogP contribution in [-0.4, -0.2) is 34.5 Å². The summed E-state index contributed by atoms with van der Waals surface area (Å²) in [6.07, 6.45) is 10.7. The summed E-state index contributed by atoms with van der Waals surface area (Å²) in [4.78, 5) is 24.7. The van der Waals surface area contributed by atoms with E-state index >= 15 is 0 Å². The van der Waals surface area contributed by atoms with Crippen molar-refractivity contribution in [2.24, 2.45) is 5.92 Å². The van der Waals surface area contributed by atoms with Crippen LogP contribution in [0.3, 0.4) is 0 Å². The van der Waals surface area contributed by atoms with Gasteiger partial charge in [0.2, 0.25) is 5.91 Å². The van der Waals surface area contributed by atoms with Gasteiger partial charge in [-0.25, -0.2) is 4.79 Å². The molecule has 2 fully saturated rings. The molecule has 1 saturated carbocycles. The van der Waals surface area contributed by atoms with Crippen molar-refractivity contribution >= 4 is 11.9 Å². The number of carbonyl (C=O) groups excluding carboxylic acids is 1. The van der Waals surface area contributed by atoms with Crippen LogP contribution in [0.25, 0.3) is 0 Å². The van der Waals surface area contributed by atoms with Crippen molar-refractivity contribution in [2.75, 3.05) is 6.54 Å². The lowest BCUT2D eigenvalue weighted by Crippen LogP contribution is -2.40. The summed E-state index contributed by atoms with van der Waals surface area (Å²) in [5.41, 5.74) is 0. The second-order valence-corrected chi connectivity index (χ2v) is 5.98. The average molecular weight is 267 g/mol. The second-order valence-electron chi connectivity index (χ2n) is 5.98. The van der Waals surface area contributed by atoms with E-state index in [2.05, 4.69) is 0 Å². The third-order valence-electron chi connectivity index (χ3n) is 4.59. The van der Waals surface area contributed by atoms with E-state index < -0.39 is 12.0 Å². The molecule has 0 aromatic rings. The Labute approximate surface area is 115 Å². The minimum absolute atomic E-state index is 0.0423. The van der Waals surface area contributed by atoms with Crippen LogP contribution in [0.15, 0.2) is 0 Å². The van der Waals surface area contributed by atoms with Gasteiger partial charge in [-0.15, -0.1) is 0 Å². The standard InChI is InChI=1S/C15H25NO3/c17-14(16-11-5-9-13(16)15(18)19)10-4-8-12-6-2-1-3-7-12/h12-13H,1-11H2,(H,18,19). The van der Waals surface area contributed by atoms with Crippen LogP contribution in [0.1, 0.15) is 64.2 Å². The van der Waals surface area contributed by atoms with Gasteiger partial charge in [-0.2, -0.15) is 0 Å². The highest BCUT2D eigenvalue weighted by Gasteiger charge is 2.33. The Morgan fingerprint density at radius 3 is 2.47 bits per heavy atom. The Kier molecular flexibility index (Phi) is 5.23. The van der Waals surface area contributed by atoms with Crippen LogP contribution in [0.2, 0.25) is 0 Å². The zero-order valence-electron chi connectivity index (χ0n) is 11.6. The summed E-state index contributed by atoms with van der Waals surface area (Å²) in [5.74, 6) is -0.00533. The summed E-state index contributed by atoms with van der Waals surface area (Å²) in [5, 5.41) is 9.07. The minimum Gasteiger partial charge on any atom is -0.480 e. The van der Waals surface area contributed by atoms with Gasteiger partial charge in [0.05, 0.1) is 0 Å². The van der Waals surface area contributed by atoms with E-state index in [0.717, 1.165) is 25.2 Å². The number of likely N-dealkylation sites (tertiary alicyclic amines) is 1. The fourth-order valence-electron chi connectivity index (χ4n) is 3.48. The third-order valence-corrected chi connectivity index (χ3v) is 4.59. The maximum atomic E-state index is 12.1. The molecule has 0 radical (unpaired) electrons. The van der Waals surface area contributed by atoms with Crippen molar-refractivity contribution in [1.29, 1.82) is 0 Å². The largest absolute Gasteiger partial charge is 0.480 e. The first-order valence-electron chi connectivity index (χ1n) is 7.71. The fourth-order valence-corrected chi connectivity index (χ4v) is 3.48. The summed E-state index contributed by atoms with van der Waals surface area (Å²) in [6.45, 7) is 0.624. The van der Waals surface area contributed by atoms with Crippen LogP contribution < -0.4 is 0 Å². The number of carboxylic acid groups (broad SMARTS) is 1. The molecular formula is C15H25NO3. The molecule has 4 heteroatoms. The van der Waals surface area contributed by atoms with E-state index in [-0.39, 0.29) is 5.91 Å². The molecule has 1 N–H and O–H groups in total. The summed E-state index contributed by atoms with van der Waals surface area (Å²) >= 11 is 0. The van der Waals surface area contributed by atoms with Gasteiger partial charge in [0.25, 0.3) is 0 Å². The molecule has 4 nitrogen and oxygen atoms in total. The Morgan fingerprint density at radius 1 is 1.05 bits per heavy atom. The first kappa shape index (κ1) is 14.4. The van der Waals surface area contributed by atoms with Crippen LogP contribution in [0.4, 0.5) is 0 Å². The third kappa shape index (κ3) is 3.95. The Hall–Kier alpha value is -1.06. The molecule has 0 bridgehead atoms. The molecule has 1 aliphatic heterocycles. The predicted octanol–water partition coefficient (Wildman–Crippen LogP) is 2.81. The first-order chi connectivity index (χ1) is 9.18. The Bertz CT molecular complexity index is 323. The van der Waals surface area contributed by atoms with E-state index in [9.17, 15) is 9.59 Å². The number of carboxylic acids is 1. The highest BCUT2D eigenvalue weighted by atomic mass is 16.4. The average Bonchev–Trinajstić information content (AvgIpc) is 2.89. The Balaban J connectivity index is 1.70. The molecule has 2 rings (SSSR count). The smallest absolute Gasteiger partial charge is 0.326 e. The van der Waals surface area contributed by atoms with Crippen LogP contribution in [-0.2, 0) is 9.59 Å². The van der Waals surface area contributed by atoms with Crippen molar-refractivity contribution in [1.82, 2.24) is 4.90 Å². The molecule has 1 heterocycles.